The van der Waals surface area contributed by atoms with Gasteiger partial charge in [-0.15, -0.1) is 0 Å². The lowest BCUT2D eigenvalue weighted by atomic mass is 10.1. The lowest BCUT2D eigenvalue weighted by Crippen LogP contribution is -2.43. The van der Waals surface area contributed by atoms with Crippen LogP contribution in [0.15, 0.2) is 79.0 Å². The number of benzene rings is 3. The summed E-state index contributed by atoms with van der Waals surface area (Å²) in [6.45, 7) is 5.60. The highest BCUT2D eigenvalue weighted by Crippen LogP contribution is 2.20. The van der Waals surface area contributed by atoms with Gasteiger partial charge in [0.1, 0.15) is 18.1 Å². The van der Waals surface area contributed by atoms with Crippen molar-refractivity contribution < 1.29 is 18.7 Å². The second-order valence-corrected chi connectivity index (χ2v) is 9.63. The number of nitrogens with one attached hydrogen (secondary N) is 1. The van der Waals surface area contributed by atoms with Crippen LogP contribution >= 0.6 is 0 Å². The first kappa shape index (κ1) is 27.9. The van der Waals surface area contributed by atoms with E-state index < -0.39 is 0 Å². The van der Waals surface area contributed by atoms with Crippen molar-refractivity contribution in [1.29, 1.82) is 0 Å². The Balaban J connectivity index is 1.53. The SMILES string of the molecule is CCCC(=O)N(CC(=O)N(CCc1c[nH]c2ccccc12)Cc1ccc(OCC)cc1)Cc1ccc(F)cc1. The van der Waals surface area contributed by atoms with Crippen molar-refractivity contribution in [2.75, 3.05) is 19.7 Å². The molecule has 0 aliphatic rings. The van der Waals surface area contributed by atoms with Gasteiger partial charge in [-0.2, -0.15) is 0 Å². The molecule has 2 amide bonds. The average molecular weight is 530 g/mol. The number of aromatic amines is 1. The van der Waals surface area contributed by atoms with Crippen molar-refractivity contribution in [2.24, 2.45) is 0 Å². The second-order valence-electron chi connectivity index (χ2n) is 9.63. The lowest BCUT2D eigenvalue weighted by molar-refractivity contribution is -0.141. The summed E-state index contributed by atoms with van der Waals surface area (Å²) >= 11 is 0. The fourth-order valence-electron chi connectivity index (χ4n) is 4.64. The van der Waals surface area contributed by atoms with Crippen LogP contribution in [0.4, 0.5) is 4.39 Å². The number of para-hydroxylation sites is 1. The maximum absolute atomic E-state index is 13.7. The van der Waals surface area contributed by atoms with E-state index in [9.17, 15) is 14.0 Å². The smallest absolute Gasteiger partial charge is 0.242 e. The van der Waals surface area contributed by atoms with Gasteiger partial charge in [0.2, 0.25) is 11.8 Å². The highest BCUT2D eigenvalue weighted by molar-refractivity contribution is 5.85. The summed E-state index contributed by atoms with van der Waals surface area (Å²) in [5.41, 5.74) is 3.97. The van der Waals surface area contributed by atoms with E-state index in [1.807, 2.05) is 67.4 Å². The number of hydrogen-bond acceptors (Lipinski definition) is 3. The number of halogens is 1. The average Bonchev–Trinajstić information content (AvgIpc) is 3.36. The van der Waals surface area contributed by atoms with E-state index in [1.165, 1.54) is 12.1 Å². The van der Waals surface area contributed by atoms with Gasteiger partial charge in [-0.3, -0.25) is 9.59 Å². The van der Waals surface area contributed by atoms with Crippen molar-refractivity contribution in [3.63, 3.8) is 0 Å². The minimum absolute atomic E-state index is 0.0406. The van der Waals surface area contributed by atoms with Gasteiger partial charge in [0.05, 0.1) is 6.61 Å². The minimum Gasteiger partial charge on any atom is -0.494 e. The molecule has 0 aliphatic carbocycles. The molecule has 0 spiro atoms. The number of carbonyl (C=O) groups is 2. The summed E-state index contributed by atoms with van der Waals surface area (Å²) in [4.78, 5) is 33.4. The monoisotopic (exact) mass is 529 g/mol. The second kappa shape index (κ2) is 13.6. The van der Waals surface area contributed by atoms with E-state index in [0.717, 1.165) is 33.3 Å². The zero-order chi connectivity index (χ0) is 27.6. The zero-order valence-corrected chi connectivity index (χ0v) is 22.7. The molecule has 1 N–H and O–H groups in total. The van der Waals surface area contributed by atoms with Gasteiger partial charge in [-0.05, 0) is 66.8 Å². The van der Waals surface area contributed by atoms with Gasteiger partial charge in [-0.25, -0.2) is 4.39 Å². The van der Waals surface area contributed by atoms with Gasteiger partial charge in [0.15, 0.2) is 0 Å². The van der Waals surface area contributed by atoms with Crippen molar-refractivity contribution >= 4 is 22.7 Å². The van der Waals surface area contributed by atoms with Crippen LogP contribution in [0.1, 0.15) is 43.4 Å². The molecule has 3 aromatic carbocycles. The van der Waals surface area contributed by atoms with Crippen LogP contribution < -0.4 is 4.74 Å². The lowest BCUT2D eigenvalue weighted by Gasteiger charge is -2.28. The third kappa shape index (κ3) is 7.69. The maximum atomic E-state index is 13.7. The Morgan fingerprint density at radius 2 is 1.51 bits per heavy atom. The van der Waals surface area contributed by atoms with Gasteiger partial charge in [-0.1, -0.05) is 49.4 Å². The molecule has 0 saturated heterocycles. The molecule has 39 heavy (non-hydrogen) atoms. The third-order valence-electron chi connectivity index (χ3n) is 6.72. The van der Waals surface area contributed by atoms with Crippen molar-refractivity contribution in [2.45, 2.75) is 46.2 Å². The summed E-state index contributed by atoms with van der Waals surface area (Å²) in [5.74, 6) is 0.233. The molecule has 0 saturated carbocycles. The summed E-state index contributed by atoms with van der Waals surface area (Å²) in [5, 5.41) is 1.14. The number of rotatable bonds is 13. The first-order valence-corrected chi connectivity index (χ1v) is 13.5. The minimum atomic E-state index is -0.333. The quantitative estimate of drug-likeness (QED) is 0.227. The molecule has 0 bridgehead atoms. The molecule has 1 aromatic heterocycles. The van der Waals surface area contributed by atoms with E-state index in [0.29, 0.717) is 39.0 Å². The Labute approximate surface area is 229 Å². The molecule has 0 fully saturated rings. The van der Waals surface area contributed by atoms with Crippen LogP contribution in [0.3, 0.4) is 0 Å². The van der Waals surface area contributed by atoms with E-state index in [4.69, 9.17) is 4.74 Å². The number of amides is 2. The third-order valence-corrected chi connectivity index (χ3v) is 6.72. The first-order valence-electron chi connectivity index (χ1n) is 13.5. The highest BCUT2D eigenvalue weighted by atomic mass is 19.1. The van der Waals surface area contributed by atoms with Gasteiger partial charge in [0, 0.05) is 43.2 Å². The summed E-state index contributed by atoms with van der Waals surface area (Å²) < 4.78 is 19.0. The first-order chi connectivity index (χ1) is 19.0. The molecule has 204 valence electrons. The molecule has 0 radical (unpaired) electrons. The van der Waals surface area contributed by atoms with Gasteiger partial charge < -0.3 is 19.5 Å². The van der Waals surface area contributed by atoms with Crippen molar-refractivity contribution in [3.05, 3.63) is 102 Å². The molecule has 0 aliphatic heterocycles. The molecule has 0 atom stereocenters. The summed E-state index contributed by atoms with van der Waals surface area (Å²) in [6, 6.07) is 21.9. The van der Waals surface area contributed by atoms with Gasteiger partial charge in [0.25, 0.3) is 0 Å². The van der Waals surface area contributed by atoms with Crippen LogP contribution in [0, 0.1) is 5.82 Å². The number of ether oxygens (including phenoxy) is 1. The van der Waals surface area contributed by atoms with Crippen LogP contribution in [0.25, 0.3) is 10.9 Å². The van der Waals surface area contributed by atoms with E-state index in [-0.39, 0.29) is 30.7 Å². The molecule has 6 nitrogen and oxygen atoms in total. The van der Waals surface area contributed by atoms with Crippen molar-refractivity contribution in [3.8, 4) is 5.75 Å². The molecule has 4 rings (SSSR count). The molecular weight excluding hydrogens is 493 g/mol. The summed E-state index contributed by atoms with van der Waals surface area (Å²) in [7, 11) is 0. The predicted molar refractivity (Wildman–Crippen MR) is 152 cm³/mol. The van der Waals surface area contributed by atoms with Crippen LogP contribution in [0.5, 0.6) is 5.75 Å². The number of aromatic nitrogens is 1. The van der Waals surface area contributed by atoms with E-state index in [2.05, 4.69) is 11.1 Å². The zero-order valence-electron chi connectivity index (χ0n) is 22.7. The molecule has 0 unspecified atom stereocenters. The maximum Gasteiger partial charge on any atom is 0.242 e. The van der Waals surface area contributed by atoms with E-state index in [1.54, 1.807) is 17.0 Å². The number of hydrogen-bond donors (Lipinski definition) is 1. The Kier molecular flexibility index (Phi) is 9.73. The largest absolute Gasteiger partial charge is 0.494 e. The Hall–Kier alpha value is -4.13. The Morgan fingerprint density at radius 3 is 2.21 bits per heavy atom. The van der Waals surface area contributed by atoms with Crippen LogP contribution in [-0.2, 0) is 29.1 Å². The number of carbonyl (C=O) groups excluding carboxylic acids is 2. The molecule has 4 aromatic rings. The summed E-state index contributed by atoms with van der Waals surface area (Å²) in [6.07, 6.45) is 3.70. The van der Waals surface area contributed by atoms with Crippen molar-refractivity contribution in [1.82, 2.24) is 14.8 Å². The normalized spacial score (nSPS) is 10.9. The van der Waals surface area contributed by atoms with E-state index >= 15 is 0 Å². The highest BCUT2D eigenvalue weighted by Gasteiger charge is 2.22. The Bertz CT molecular complexity index is 1370. The van der Waals surface area contributed by atoms with Gasteiger partial charge >= 0.3 is 0 Å². The number of fused-ring (bicyclic) bond motifs is 1. The fourth-order valence-corrected chi connectivity index (χ4v) is 4.64. The number of nitrogens with zero attached hydrogens (tertiary/aromatic N) is 2. The van der Waals surface area contributed by atoms with Crippen LogP contribution in [0.2, 0.25) is 0 Å². The molecule has 1 heterocycles. The molecular formula is C32H36FN3O3. The molecule has 7 heteroatoms. The number of H-pyrrole nitrogens is 1. The van der Waals surface area contributed by atoms with Crippen LogP contribution in [-0.4, -0.2) is 46.3 Å². The topological polar surface area (TPSA) is 65.6 Å². The predicted octanol–water partition coefficient (Wildman–Crippen LogP) is 6.11. The Morgan fingerprint density at radius 1 is 0.846 bits per heavy atom. The fraction of sp³-hybridized carbons (Fsp3) is 0.312. The standard InChI is InChI=1S/C32H36FN3O3/c1-3-7-31(37)36(22-24-10-14-27(33)15-11-24)23-32(38)35(21-25-12-16-28(17-13-25)39-4-2)19-18-26-20-34-30-9-6-5-8-29(26)30/h5-6,8-17,20,34H,3-4,7,18-19,21-23H2,1-2H3.